The second-order valence-corrected chi connectivity index (χ2v) is 6.71. The van der Waals surface area contributed by atoms with Gasteiger partial charge >= 0.3 is 0 Å². The SMILES string of the molecule is Cc1cccc(CN2CCCC(NC3CCCC3)C2)c1. The zero-order valence-corrected chi connectivity index (χ0v) is 12.8. The summed E-state index contributed by atoms with van der Waals surface area (Å²) in [5.41, 5.74) is 2.84. The minimum Gasteiger partial charge on any atom is -0.310 e. The van der Waals surface area contributed by atoms with Crippen molar-refractivity contribution in [3.8, 4) is 0 Å². The van der Waals surface area contributed by atoms with E-state index in [0.717, 1.165) is 18.6 Å². The Morgan fingerprint density at radius 2 is 1.90 bits per heavy atom. The second kappa shape index (κ2) is 6.73. The first-order chi connectivity index (χ1) is 9.79. The molecule has 1 unspecified atom stereocenters. The highest BCUT2D eigenvalue weighted by molar-refractivity contribution is 5.22. The Morgan fingerprint density at radius 3 is 2.70 bits per heavy atom. The van der Waals surface area contributed by atoms with Crippen LogP contribution in [0.1, 0.15) is 49.7 Å². The van der Waals surface area contributed by atoms with Gasteiger partial charge in [0, 0.05) is 25.2 Å². The number of rotatable bonds is 4. The summed E-state index contributed by atoms with van der Waals surface area (Å²) in [5.74, 6) is 0. The predicted octanol–water partition coefficient (Wildman–Crippen LogP) is 3.49. The maximum absolute atomic E-state index is 3.90. The van der Waals surface area contributed by atoms with E-state index in [1.54, 1.807) is 0 Å². The first kappa shape index (κ1) is 14.1. The quantitative estimate of drug-likeness (QED) is 0.902. The molecule has 0 radical (unpaired) electrons. The summed E-state index contributed by atoms with van der Waals surface area (Å²) >= 11 is 0. The summed E-state index contributed by atoms with van der Waals surface area (Å²) < 4.78 is 0. The molecular formula is C18H28N2. The minimum absolute atomic E-state index is 0.719. The monoisotopic (exact) mass is 272 g/mol. The Labute approximate surface area is 123 Å². The zero-order valence-electron chi connectivity index (χ0n) is 12.8. The van der Waals surface area contributed by atoms with Gasteiger partial charge in [-0.2, -0.15) is 0 Å². The van der Waals surface area contributed by atoms with Gasteiger partial charge in [-0.25, -0.2) is 0 Å². The molecule has 1 aliphatic heterocycles. The molecule has 0 spiro atoms. The van der Waals surface area contributed by atoms with Gasteiger partial charge in [0.1, 0.15) is 0 Å². The standard InChI is InChI=1S/C18H28N2/c1-15-6-4-7-16(12-15)13-20-11-5-10-18(14-20)19-17-8-2-3-9-17/h4,6-7,12,17-19H,2-3,5,8-11,13-14H2,1H3. The highest BCUT2D eigenvalue weighted by atomic mass is 15.2. The van der Waals surface area contributed by atoms with Gasteiger partial charge in [0.2, 0.25) is 0 Å². The summed E-state index contributed by atoms with van der Waals surface area (Å²) in [7, 11) is 0. The lowest BCUT2D eigenvalue weighted by Gasteiger charge is -2.34. The third-order valence-corrected chi connectivity index (χ3v) is 4.82. The van der Waals surface area contributed by atoms with Crippen molar-refractivity contribution in [3.05, 3.63) is 35.4 Å². The predicted molar refractivity (Wildman–Crippen MR) is 84.9 cm³/mol. The van der Waals surface area contributed by atoms with Crippen molar-refractivity contribution in [3.63, 3.8) is 0 Å². The molecule has 20 heavy (non-hydrogen) atoms. The molecule has 1 N–H and O–H groups in total. The number of benzene rings is 1. The van der Waals surface area contributed by atoms with Crippen LogP contribution in [0, 0.1) is 6.92 Å². The molecule has 1 aromatic carbocycles. The molecule has 1 atom stereocenters. The molecule has 110 valence electrons. The average molecular weight is 272 g/mol. The number of likely N-dealkylation sites (tertiary alicyclic amines) is 1. The number of hydrogen-bond donors (Lipinski definition) is 1. The van der Waals surface area contributed by atoms with Crippen LogP contribution in [-0.4, -0.2) is 30.1 Å². The number of nitrogens with zero attached hydrogens (tertiary/aromatic N) is 1. The van der Waals surface area contributed by atoms with E-state index < -0.39 is 0 Å². The Kier molecular flexibility index (Phi) is 4.74. The number of aryl methyl sites for hydroxylation is 1. The van der Waals surface area contributed by atoms with Crippen LogP contribution in [0.4, 0.5) is 0 Å². The molecule has 0 amide bonds. The molecule has 2 heteroatoms. The molecule has 0 bridgehead atoms. The van der Waals surface area contributed by atoms with Crippen molar-refractivity contribution in [2.75, 3.05) is 13.1 Å². The highest BCUT2D eigenvalue weighted by Crippen LogP contribution is 2.21. The number of nitrogens with one attached hydrogen (secondary N) is 1. The van der Waals surface area contributed by atoms with Crippen LogP contribution < -0.4 is 5.32 Å². The lowest BCUT2D eigenvalue weighted by atomic mass is 10.0. The Morgan fingerprint density at radius 1 is 1.10 bits per heavy atom. The largest absolute Gasteiger partial charge is 0.310 e. The lowest BCUT2D eigenvalue weighted by Crippen LogP contribution is -2.48. The van der Waals surface area contributed by atoms with Gasteiger partial charge in [0.15, 0.2) is 0 Å². The van der Waals surface area contributed by atoms with E-state index in [2.05, 4.69) is 41.4 Å². The second-order valence-electron chi connectivity index (χ2n) is 6.71. The minimum atomic E-state index is 0.719. The first-order valence-corrected chi connectivity index (χ1v) is 8.33. The Balaban J connectivity index is 1.52. The van der Waals surface area contributed by atoms with Gasteiger partial charge in [0.25, 0.3) is 0 Å². The normalized spacial score (nSPS) is 25.1. The fraction of sp³-hybridized carbons (Fsp3) is 0.667. The summed E-state index contributed by atoms with van der Waals surface area (Å²) in [6.07, 6.45) is 8.36. The van der Waals surface area contributed by atoms with E-state index in [-0.39, 0.29) is 0 Å². The van der Waals surface area contributed by atoms with E-state index in [1.165, 1.54) is 62.7 Å². The van der Waals surface area contributed by atoms with E-state index >= 15 is 0 Å². The zero-order chi connectivity index (χ0) is 13.8. The van der Waals surface area contributed by atoms with E-state index in [1.807, 2.05) is 0 Å². The van der Waals surface area contributed by atoms with Crippen molar-refractivity contribution in [2.24, 2.45) is 0 Å². The summed E-state index contributed by atoms with van der Waals surface area (Å²) in [4.78, 5) is 2.63. The maximum atomic E-state index is 3.90. The van der Waals surface area contributed by atoms with Gasteiger partial charge in [0.05, 0.1) is 0 Å². The molecule has 1 aliphatic carbocycles. The van der Waals surface area contributed by atoms with Gasteiger partial charge < -0.3 is 5.32 Å². The molecule has 1 aromatic rings. The third-order valence-electron chi connectivity index (χ3n) is 4.82. The average Bonchev–Trinajstić information content (AvgIpc) is 2.92. The number of hydrogen-bond acceptors (Lipinski definition) is 2. The van der Waals surface area contributed by atoms with Gasteiger partial charge in [-0.3, -0.25) is 4.90 Å². The van der Waals surface area contributed by atoms with Crippen molar-refractivity contribution in [1.29, 1.82) is 0 Å². The molecule has 1 saturated carbocycles. The topological polar surface area (TPSA) is 15.3 Å². The van der Waals surface area contributed by atoms with E-state index in [4.69, 9.17) is 0 Å². The van der Waals surface area contributed by atoms with Crippen molar-refractivity contribution in [1.82, 2.24) is 10.2 Å². The Bertz CT molecular complexity index is 423. The van der Waals surface area contributed by atoms with Crippen LogP contribution in [-0.2, 0) is 6.54 Å². The van der Waals surface area contributed by atoms with Crippen LogP contribution in [0.3, 0.4) is 0 Å². The molecule has 2 aliphatic rings. The smallest absolute Gasteiger partial charge is 0.0234 e. The van der Waals surface area contributed by atoms with Crippen molar-refractivity contribution < 1.29 is 0 Å². The molecule has 2 nitrogen and oxygen atoms in total. The van der Waals surface area contributed by atoms with Crippen LogP contribution in [0.25, 0.3) is 0 Å². The van der Waals surface area contributed by atoms with Crippen molar-refractivity contribution in [2.45, 2.75) is 64.1 Å². The molecular weight excluding hydrogens is 244 g/mol. The molecule has 0 aromatic heterocycles. The van der Waals surface area contributed by atoms with Crippen LogP contribution in [0.2, 0.25) is 0 Å². The fourth-order valence-electron chi connectivity index (χ4n) is 3.83. The van der Waals surface area contributed by atoms with Crippen LogP contribution in [0.15, 0.2) is 24.3 Å². The first-order valence-electron chi connectivity index (χ1n) is 8.33. The summed E-state index contributed by atoms with van der Waals surface area (Å²) in [6, 6.07) is 10.5. The fourth-order valence-corrected chi connectivity index (χ4v) is 3.83. The van der Waals surface area contributed by atoms with Crippen LogP contribution in [0.5, 0.6) is 0 Å². The lowest BCUT2D eigenvalue weighted by molar-refractivity contribution is 0.176. The van der Waals surface area contributed by atoms with Gasteiger partial charge in [-0.05, 0) is 44.7 Å². The van der Waals surface area contributed by atoms with Gasteiger partial charge in [-0.15, -0.1) is 0 Å². The van der Waals surface area contributed by atoms with Crippen molar-refractivity contribution >= 4 is 0 Å². The molecule has 2 fully saturated rings. The third kappa shape index (κ3) is 3.83. The highest BCUT2D eigenvalue weighted by Gasteiger charge is 2.23. The van der Waals surface area contributed by atoms with Crippen LogP contribution >= 0.6 is 0 Å². The molecule has 3 rings (SSSR count). The summed E-state index contributed by atoms with van der Waals surface area (Å²) in [5, 5.41) is 3.90. The molecule has 1 heterocycles. The number of piperidine rings is 1. The van der Waals surface area contributed by atoms with E-state index in [0.29, 0.717) is 0 Å². The Hall–Kier alpha value is -0.860. The van der Waals surface area contributed by atoms with E-state index in [9.17, 15) is 0 Å². The maximum Gasteiger partial charge on any atom is 0.0234 e. The summed E-state index contributed by atoms with van der Waals surface area (Å²) in [6.45, 7) is 5.79. The molecule has 1 saturated heterocycles. The van der Waals surface area contributed by atoms with Gasteiger partial charge in [-0.1, -0.05) is 42.7 Å².